The molecule has 0 saturated carbocycles. The third-order valence-electron chi connectivity index (χ3n) is 2.76. The van der Waals surface area contributed by atoms with Crippen LogP contribution in [0.15, 0.2) is 30.5 Å². The Morgan fingerprint density at radius 3 is 2.47 bits per heavy atom. The Morgan fingerprint density at radius 1 is 1.35 bits per heavy atom. The molecule has 4 nitrogen and oxygen atoms in total. The fourth-order valence-electron chi connectivity index (χ4n) is 1.68. The second-order valence-corrected chi connectivity index (χ2v) is 3.99. The van der Waals surface area contributed by atoms with Crippen LogP contribution in [0, 0.1) is 6.92 Å². The number of hydrogen-bond donors (Lipinski definition) is 1. The summed E-state index contributed by atoms with van der Waals surface area (Å²) < 4.78 is 1.78. The van der Waals surface area contributed by atoms with E-state index in [2.05, 4.69) is 5.10 Å². The highest BCUT2D eigenvalue weighted by Gasteiger charge is 2.05. The van der Waals surface area contributed by atoms with Crippen molar-refractivity contribution in [1.29, 1.82) is 0 Å². The minimum Gasteiger partial charge on any atom is -0.326 e. The molecule has 0 bridgehead atoms. The number of ketones is 1. The SMILES string of the molecule is CC(=O)c1ccc(-n2cc(CN)c(C)n2)cc1. The second-order valence-electron chi connectivity index (χ2n) is 3.99. The summed E-state index contributed by atoms with van der Waals surface area (Å²) in [5, 5.41) is 4.38. The Morgan fingerprint density at radius 2 is 2.00 bits per heavy atom. The summed E-state index contributed by atoms with van der Waals surface area (Å²) in [6, 6.07) is 7.36. The number of rotatable bonds is 3. The topological polar surface area (TPSA) is 60.9 Å². The molecule has 1 aromatic heterocycles. The van der Waals surface area contributed by atoms with Crippen LogP contribution in [0.1, 0.15) is 28.5 Å². The normalized spacial score (nSPS) is 10.5. The highest BCUT2D eigenvalue weighted by atomic mass is 16.1. The lowest BCUT2D eigenvalue weighted by Gasteiger charge is -2.01. The summed E-state index contributed by atoms with van der Waals surface area (Å²) in [5.41, 5.74) is 9.20. The summed E-state index contributed by atoms with van der Waals surface area (Å²) in [6.07, 6.45) is 1.91. The maximum absolute atomic E-state index is 11.2. The van der Waals surface area contributed by atoms with Crippen molar-refractivity contribution in [2.75, 3.05) is 0 Å². The molecular weight excluding hydrogens is 214 g/mol. The number of aryl methyl sites for hydroxylation is 1. The lowest BCUT2D eigenvalue weighted by Crippen LogP contribution is -1.97. The van der Waals surface area contributed by atoms with Gasteiger partial charge in [-0.1, -0.05) is 0 Å². The van der Waals surface area contributed by atoms with Crippen molar-refractivity contribution in [3.05, 3.63) is 47.3 Å². The molecule has 0 aliphatic heterocycles. The monoisotopic (exact) mass is 229 g/mol. The standard InChI is InChI=1S/C13H15N3O/c1-9-12(7-14)8-16(15-9)13-5-3-11(4-6-13)10(2)17/h3-6,8H,7,14H2,1-2H3. The zero-order valence-electron chi connectivity index (χ0n) is 9.97. The molecule has 0 amide bonds. The molecule has 0 aliphatic rings. The zero-order valence-corrected chi connectivity index (χ0v) is 9.97. The molecule has 1 aromatic carbocycles. The average molecular weight is 229 g/mol. The second kappa shape index (κ2) is 4.51. The molecule has 0 radical (unpaired) electrons. The van der Waals surface area contributed by atoms with Crippen LogP contribution in [0.5, 0.6) is 0 Å². The molecule has 0 saturated heterocycles. The first kappa shape index (κ1) is 11.5. The molecule has 17 heavy (non-hydrogen) atoms. The molecule has 4 heteroatoms. The molecule has 88 valence electrons. The van der Waals surface area contributed by atoms with Gasteiger partial charge in [-0.25, -0.2) is 4.68 Å². The van der Waals surface area contributed by atoms with Gasteiger partial charge in [0.2, 0.25) is 0 Å². The largest absolute Gasteiger partial charge is 0.326 e. The number of carbonyl (C=O) groups excluding carboxylic acids is 1. The quantitative estimate of drug-likeness (QED) is 0.817. The summed E-state index contributed by atoms with van der Waals surface area (Å²) in [4.78, 5) is 11.2. The van der Waals surface area contributed by atoms with Gasteiger partial charge in [-0.05, 0) is 38.1 Å². The zero-order chi connectivity index (χ0) is 12.4. The molecule has 0 spiro atoms. The first-order valence-corrected chi connectivity index (χ1v) is 5.48. The number of aromatic nitrogens is 2. The summed E-state index contributed by atoms with van der Waals surface area (Å²) in [7, 11) is 0. The van der Waals surface area contributed by atoms with Crippen molar-refractivity contribution >= 4 is 5.78 Å². The van der Waals surface area contributed by atoms with E-state index in [0.717, 1.165) is 16.9 Å². The van der Waals surface area contributed by atoms with Crippen LogP contribution < -0.4 is 5.73 Å². The molecule has 2 N–H and O–H groups in total. The fourth-order valence-corrected chi connectivity index (χ4v) is 1.68. The number of hydrogen-bond acceptors (Lipinski definition) is 3. The highest BCUT2D eigenvalue weighted by Crippen LogP contribution is 2.12. The molecule has 2 rings (SSSR count). The van der Waals surface area contributed by atoms with Crippen molar-refractivity contribution in [3.63, 3.8) is 0 Å². The number of carbonyl (C=O) groups is 1. The van der Waals surface area contributed by atoms with E-state index in [4.69, 9.17) is 5.73 Å². The first-order valence-electron chi connectivity index (χ1n) is 5.48. The Balaban J connectivity index is 2.36. The van der Waals surface area contributed by atoms with Gasteiger partial charge in [0.05, 0.1) is 11.4 Å². The first-order chi connectivity index (χ1) is 8.11. The van der Waals surface area contributed by atoms with Crippen molar-refractivity contribution < 1.29 is 4.79 Å². The van der Waals surface area contributed by atoms with Gasteiger partial charge in [-0.3, -0.25) is 4.79 Å². The predicted molar refractivity (Wildman–Crippen MR) is 66.2 cm³/mol. The van der Waals surface area contributed by atoms with Gasteiger partial charge < -0.3 is 5.73 Å². The van der Waals surface area contributed by atoms with Crippen LogP contribution in [-0.2, 0) is 6.54 Å². The molecule has 2 aromatic rings. The Bertz CT molecular complexity index is 540. The molecule has 1 heterocycles. The van der Waals surface area contributed by atoms with Crippen molar-refractivity contribution in [2.24, 2.45) is 5.73 Å². The van der Waals surface area contributed by atoms with E-state index in [0.29, 0.717) is 12.1 Å². The summed E-state index contributed by atoms with van der Waals surface area (Å²) in [5.74, 6) is 0.0656. The minimum atomic E-state index is 0.0656. The highest BCUT2D eigenvalue weighted by molar-refractivity contribution is 5.94. The molecule has 0 unspecified atom stereocenters. The van der Waals surface area contributed by atoms with E-state index in [1.54, 1.807) is 23.7 Å². The van der Waals surface area contributed by atoms with Gasteiger partial charge in [-0.15, -0.1) is 0 Å². The van der Waals surface area contributed by atoms with E-state index in [1.807, 2.05) is 25.3 Å². The molecule has 0 fully saturated rings. The number of nitrogens with two attached hydrogens (primary N) is 1. The smallest absolute Gasteiger partial charge is 0.159 e. The van der Waals surface area contributed by atoms with Gasteiger partial charge in [0.15, 0.2) is 5.78 Å². The summed E-state index contributed by atoms with van der Waals surface area (Å²) >= 11 is 0. The Labute approximate surface area is 100 Å². The van der Waals surface area contributed by atoms with E-state index in [9.17, 15) is 4.79 Å². The van der Waals surface area contributed by atoms with Crippen LogP contribution in [0.25, 0.3) is 5.69 Å². The van der Waals surface area contributed by atoms with Crippen LogP contribution >= 0.6 is 0 Å². The minimum absolute atomic E-state index is 0.0656. The van der Waals surface area contributed by atoms with E-state index >= 15 is 0 Å². The van der Waals surface area contributed by atoms with Crippen molar-refractivity contribution in [3.8, 4) is 5.69 Å². The van der Waals surface area contributed by atoms with Crippen LogP contribution in [0.3, 0.4) is 0 Å². The van der Waals surface area contributed by atoms with E-state index in [1.165, 1.54) is 0 Å². The maximum Gasteiger partial charge on any atom is 0.159 e. The summed E-state index contributed by atoms with van der Waals surface area (Å²) in [6.45, 7) is 3.97. The average Bonchev–Trinajstić information content (AvgIpc) is 2.70. The number of benzene rings is 1. The van der Waals surface area contributed by atoms with Gasteiger partial charge in [0, 0.05) is 23.9 Å². The third-order valence-corrected chi connectivity index (χ3v) is 2.76. The van der Waals surface area contributed by atoms with E-state index < -0.39 is 0 Å². The Hall–Kier alpha value is -1.94. The lowest BCUT2D eigenvalue weighted by atomic mass is 10.1. The van der Waals surface area contributed by atoms with Crippen molar-refractivity contribution in [1.82, 2.24) is 9.78 Å². The van der Waals surface area contributed by atoms with Crippen LogP contribution in [0.2, 0.25) is 0 Å². The fraction of sp³-hybridized carbons (Fsp3) is 0.231. The molecule has 0 atom stereocenters. The number of nitrogens with zero attached hydrogens (tertiary/aromatic N) is 2. The van der Waals surface area contributed by atoms with Crippen molar-refractivity contribution in [2.45, 2.75) is 20.4 Å². The maximum atomic E-state index is 11.2. The Kier molecular flexibility index (Phi) is 3.06. The molecular formula is C13H15N3O. The van der Waals surface area contributed by atoms with Crippen LogP contribution in [-0.4, -0.2) is 15.6 Å². The lowest BCUT2D eigenvalue weighted by molar-refractivity contribution is 0.101. The van der Waals surface area contributed by atoms with Crippen LogP contribution in [0.4, 0.5) is 0 Å². The van der Waals surface area contributed by atoms with Gasteiger partial charge >= 0.3 is 0 Å². The third kappa shape index (κ3) is 2.26. The van der Waals surface area contributed by atoms with E-state index in [-0.39, 0.29) is 5.78 Å². The van der Waals surface area contributed by atoms with Gasteiger partial charge in [-0.2, -0.15) is 5.10 Å². The van der Waals surface area contributed by atoms with Gasteiger partial charge in [0.25, 0.3) is 0 Å². The predicted octanol–water partition coefficient (Wildman–Crippen LogP) is 1.84. The number of Topliss-reactive ketones (excluding diaryl/α,β-unsaturated/α-hetero) is 1. The molecule has 0 aliphatic carbocycles. The van der Waals surface area contributed by atoms with Gasteiger partial charge in [0.1, 0.15) is 0 Å².